The Morgan fingerprint density at radius 2 is 1.88 bits per heavy atom. The number of hydrogen-bond donors (Lipinski definition) is 0. The molecule has 3 rings (SSSR count). The second-order valence-electron chi connectivity index (χ2n) is 6.55. The van der Waals surface area contributed by atoms with Gasteiger partial charge in [-0.3, -0.25) is 18.7 Å². The maximum absolute atomic E-state index is 12.6. The zero-order valence-corrected chi connectivity index (χ0v) is 14.4. The molecule has 0 radical (unpaired) electrons. The van der Waals surface area contributed by atoms with E-state index in [9.17, 15) is 14.4 Å². The van der Waals surface area contributed by atoms with E-state index in [1.54, 1.807) is 16.5 Å². The van der Waals surface area contributed by atoms with Crippen molar-refractivity contribution in [3.63, 3.8) is 0 Å². The fourth-order valence-electron chi connectivity index (χ4n) is 3.45. The van der Waals surface area contributed by atoms with Crippen LogP contribution in [0.3, 0.4) is 0 Å². The lowest BCUT2D eigenvalue weighted by atomic mass is 9.94. The maximum atomic E-state index is 12.6. The monoisotopic (exact) mass is 333 g/mol. The van der Waals surface area contributed by atoms with E-state index in [0.29, 0.717) is 5.65 Å². The minimum absolute atomic E-state index is 0.0443. The number of carbonyl (C=O) groups is 1. The van der Waals surface area contributed by atoms with Gasteiger partial charge in [-0.15, -0.1) is 0 Å². The van der Waals surface area contributed by atoms with Gasteiger partial charge in [0.25, 0.3) is 5.56 Å². The highest BCUT2D eigenvalue weighted by Gasteiger charge is 2.23. The van der Waals surface area contributed by atoms with Gasteiger partial charge in [0.15, 0.2) is 11.2 Å². The van der Waals surface area contributed by atoms with Crippen LogP contribution in [0.2, 0.25) is 0 Å². The maximum Gasteiger partial charge on any atom is 0.332 e. The van der Waals surface area contributed by atoms with Gasteiger partial charge in [-0.1, -0.05) is 19.3 Å². The lowest BCUT2D eigenvalue weighted by Crippen LogP contribution is -2.41. The van der Waals surface area contributed by atoms with Crippen molar-refractivity contribution in [1.29, 1.82) is 0 Å². The summed E-state index contributed by atoms with van der Waals surface area (Å²) in [7, 11) is 4.82. The quantitative estimate of drug-likeness (QED) is 0.805. The molecule has 1 aliphatic rings. The van der Waals surface area contributed by atoms with Gasteiger partial charge in [0, 0.05) is 27.2 Å². The van der Waals surface area contributed by atoms with Crippen molar-refractivity contribution in [2.45, 2.75) is 44.7 Å². The molecule has 0 bridgehead atoms. The molecule has 1 fully saturated rings. The molecule has 0 N–H and O–H groups in total. The number of imidazole rings is 1. The number of hydrogen-bond acceptors (Lipinski definition) is 4. The molecule has 130 valence electrons. The zero-order chi connectivity index (χ0) is 17.4. The summed E-state index contributed by atoms with van der Waals surface area (Å²) in [6.45, 7) is 0.0525. The van der Waals surface area contributed by atoms with Crippen molar-refractivity contribution in [2.75, 3.05) is 7.05 Å². The largest absolute Gasteiger partial charge is 0.341 e. The fraction of sp³-hybridized carbons (Fsp3) is 0.625. The molecule has 1 aliphatic carbocycles. The van der Waals surface area contributed by atoms with Crippen LogP contribution in [0, 0.1) is 0 Å². The number of fused-ring (bicyclic) bond motifs is 1. The number of aryl methyl sites for hydroxylation is 1. The number of aromatic nitrogens is 4. The van der Waals surface area contributed by atoms with Crippen LogP contribution in [0.15, 0.2) is 15.9 Å². The Kier molecular flexibility index (Phi) is 4.29. The summed E-state index contributed by atoms with van der Waals surface area (Å²) in [5.74, 6) is -0.0443. The first kappa shape index (κ1) is 16.5. The highest BCUT2D eigenvalue weighted by atomic mass is 16.2. The minimum Gasteiger partial charge on any atom is -0.341 e. The molecular formula is C16H23N5O3. The molecule has 0 aliphatic heterocycles. The number of carbonyl (C=O) groups excluding carboxylic acids is 1. The molecule has 0 spiro atoms. The van der Waals surface area contributed by atoms with Gasteiger partial charge in [-0.2, -0.15) is 0 Å². The summed E-state index contributed by atoms with van der Waals surface area (Å²) >= 11 is 0. The first-order valence-corrected chi connectivity index (χ1v) is 8.28. The minimum atomic E-state index is -0.432. The van der Waals surface area contributed by atoms with Crippen molar-refractivity contribution in [2.24, 2.45) is 14.1 Å². The molecular weight excluding hydrogens is 310 g/mol. The van der Waals surface area contributed by atoms with Crippen LogP contribution in [-0.4, -0.2) is 42.6 Å². The van der Waals surface area contributed by atoms with E-state index in [2.05, 4.69) is 4.98 Å². The van der Waals surface area contributed by atoms with Gasteiger partial charge in [-0.05, 0) is 12.8 Å². The second kappa shape index (κ2) is 6.26. The van der Waals surface area contributed by atoms with Gasteiger partial charge in [-0.25, -0.2) is 9.78 Å². The molecule has 8 nitrogen and oxygen atoms in total. The summed E-state index contributed by atoms with van der Waals surface area (Å²) in [5.41, 5.74) is -0.275. The summed E-state index contributed by atoms with van der Waals surface area (Å²) in [6.07, 6.45) is 7.05. The average Bonchev–Trinajstić information content (AvgIpc) is 3.01. The Bertz CT molecular complexity index is 885. The number of rotatable bonds is 3. The molecule has 2 aromatic heterocycles. The van der Waals surface area contributed by atoms with Crippen LogP contribution in [0.5, 0.6) is 0 Å². The molecule has 0 saturated heterocycles. The third kappa shape index (κ3) is 2.65. The third-order valence-corrected chi connectivity index (χ3v) is 5.04. The Hall–Kier alpha value is -2.38. The van der Waals surface area contributed by atoms with Gasteiger partial charge in [0.05, 0.1) is 6.33 Å². The predicted molar refractivity (Wildman–Crippen MR) is 89.9 cm³/mol. The lowest BCUT2D eigenvalue weighted by molar-refractivity contribution is -0.133. The standard InChI is InChI=1S/C16H23N5O3/c1-18(11-7-5-4-6-8-11)12(22)9-21-10-17-14-13(21)15(23)20(3)16(24)19(14)2/h10-11H,4-9H2,1-3H3. The summed E-state index contributed by atoms with van der Waals surface area (Å²) < 4.78 is 3.90. The Morgan fingerprint density at radius 1 is 1.21 bits per heavy atom. The van der Waals surface area contributed by atoms with E-state index in [4.69, 9.17) is 0 Å². The molecule has 0 atom stereocenters. The van der Waals surface area contributed by atoms with Crippen molar-refractivity contribution in [1.82, 2.24) is 23.6 Å². The van der Waals surface area contributed by atoms with Crippen LogP contribution in [0.25, 0.3) is 11.2 Å². The molecule has 0 aromatic carbocycles. The van der Waals surface area contributed by atoms with Crippen LogP contribution in [0.4, 0.5) is 0 Å². The third-order valence-electron chi connectivity index (χ3n) is 5.04. The van der Waals surface area contributed by atoms with Gasteiger partial charge < -0.3 is 9.47 Å². The van der Waals surface area contributed by atoms with E-state index in [1.807, 2.05) is 7.05 Å². The van der Waals surface area contributed by atoms with Gasteiger partial charge in [0.2, 0.25) is 5.91 Å². The van der Waals surface area contributed by atoms with Crippen molar-refractivity contribution >= 4 is 17.1 Å². The van der Waals surface area contributed by atoms with E-state index >= 15 is 0 Å². The molecule has 1 saturated carbocycles. The molecule has 24 heavy (non-hydrogen) atoms. The van der Waals surface area contributed by atoms with Crippen LogP contribution >= 0.6 is 0 Å². The van der Waals surface area contributed by atoms with E-state index in [0.717, 1.165) is 30.3 Å². The van der Waals surface area contributed by atoms with E-state index < -0.39 is 11.2 Å². The SMILES string of the molecule is CN(C(=O)Cn1cnc2c1c(=O)n(C)c(=O)n2C)C1CCCCC1. The molecule has 8 heteroatoms. The highest BCUT2D eigenvalue weighted by Crippen LogP contribution is 2.22. The molecule has 0 unspecified atom stereocenters. The molecule has 2 aromatic rings. The lowest BCUT2D eigenvalue weighted by Gasteiger charge is -2.31. The number of likely N-dealkylation sites (N-methyl/N-ethyl adjacent to an activating group) is 1. The molecule has 1 amide bonds. The Labute approximate surface area is 139 Å². The average molecular weight is 333 g/mol. The van der Waals surface area contributed by atoms with Crippen molar-refractivity contribution in [3.8, 4) is 0 Å². The Balaban J connectivity index is 1.92. The predicted octanol–water partition coefficient (Wildman–Crippen LogP) is 0.225. The Morgan fingerprint density at radius 3 is 2.54 bits per heavy atom. The fourth-order valence-corrected chi connectivity index (χ4v) is 3.45. The summed E-state index contributed by atoms with van der Waals surface area (Å²) in [6, 6.07) is 0.272. The van der Waals surface area contributed by atoms with Crippen LogP contribution in [-0.2, 0) is 25.4 Å². The molecule has 2 heterocycles. The topological polar surface area (TPSA) is 82.1 Å². The zero-order valence-electron chi connectivity index (χ0n) is 14.4. The second-order valence-corrected chi connectivity index (χ2v) is 6.55. The number of amides is 1. The normalized spacial score (nSPS) is 15.8. The van der Waals surface area contributed by atoms with Crippen LogP contribution in [0.1, 0.15) is 32.1 Å². The number of nitrogens with zero attached hydrogens (tertiary/aromatic N) is 5. The van der Waals surface area contributed by atoms with Gasteiger partial charge in [0.1, 0.15) is 6.54 Å². The van der Waals surface area contributed by atoms with E-state index in [-0.39, 0.29) is 24.0 Å². The first-order valence-electron chi connectivity index (χ1n) is 8.28. The van der Waals surface area contributed by atoms with E-state index in [1.165, 1.54) is 24.4 Å². The van der Waals surface area contributed by atoms with Crippen LogP contribution < -0.4 is 11.2 Å². The van der Waals surface area contributed by atoms with Crippen molar-refractivity contribution in [3.05, 3.63) is 27.2 Å². The van der Waals surface area contributed by atoms with Gasteiger partial charge >= 0.3 is 5.69 Å². The summed E-state index contributed by atoms with van der Waals surface area (Å²) in [4.78, 5) is 42.9. The summed E-state index contributed by atoms with van der Waals surface area (Å²) in [5, 5.41) is 0. The highest BCUT2D eigenvalue weighted by molar-refractivity contribution is 5.79. The first-order chi connectivity index (χ1) is 11.4. The van der Waals surface area contributed by atoms with Crippen molar-refractivity contribution < 1.29 is 4.79 Å². The smallest absolute Gasteiger partial charge is 0.332 e.